The molecule has 1 aromatic heterocycles. The number of nitrogens with one attached hydrogen (secondary N) is 1. The van der Waals surface area contributed by atoms with Crippen molar-refractivity contribution >= 4 is 28.4 Å². The number of halogens is 1. The number of hydrogen-bond donors (Lipinski definition) is 2. The van der Waals surface area contributed by atoms with Crippen LogP contribution in [0.25, 0.3) is 10.9 Å². The summed E-state index contributed by atoms with van der Waals surface area (Å²) in [5.74, 6) is -0.0459. The molecule has 1 aliphatic rings. The summed E-state index contributed by atoms with van der Waals surface area (Å²) in [5, 5.41) is 11.2. The topological polar surface area (TPSA) is 65.6 Å². The number of H-pyrrole nitrogens is 1. The van der Waals surface area contributed by atoms with E-state index >= 15 is 0 Å². The van der Waals surface area contributed by atoms with Crippen LogP contribution in [0.5, 0.6) is 0 Å². The highest BCUT2D eigenvalue weighted by Crippen LogP contribution is 2.23. The van der Waals surface area contributed by atoms with Crippen LogP contribution in [0.2, 0.25) is 5.02 Å². The van der Waals surface area contributed by atoms with Crippen molar-refractivity contribution in [2.45, 2.75) is 25.6 Å². The summed E-state index contributed by atoms with van der Waals surface area (Å²) in [7, 11) is 0. The zero-order chi connectivity index (χ0) is 15.9. The molecule has 1 aromatic carbocycles. The largest absolute Gasteiger partial charge is 0.388 e. The number of rotatable bonds is 4. The second-order valence-corrected chi connectivity index (χ2v) is 6.81. The third-order valence-electron chi connectivity index (χ3n) is 3.62. The lowest BCUT2D eigenvalue weighted by atomic mass is 10.1. The van der Waals surface area contributed by atoms with Crippen LogP contribution in [0.4, 0.5) is 0 Å². The van der Waals surface area contributed by atoms with Crippen molar-refractivity contribution in [1.29, 1.82) is 0 Å². The molecule has 0 atom stereocenters. The Bertz CT molecular complexity index is 699. The first-order valence-corrected chi connectivity index (χ1v) is 7.61. The Morgan fingerprint density at radius 1 is 1.45 bits per heavy atom. The minimum absolute atomic E-state index is 0.00537. The van der Waals surface area contributed by atoms with Crippen molar-refractivity contribution in [3.8, 4) is 0 Å². The van der Waals surface area contributed by atoms with Crippen LogP contribution in [-0.2, 0) is 4.74 Å². The molecule has 0 spiro atoms. The highest BCUT2D eigenvalue weighted by Gasteiger charge is 2.33. The lowest BCUT2D eigenvalue weighted by Crippen LogP contribution is -2.55. The number of ether oxygens (including phenoxy) is 1. The third kappa shape index (κ3) is 3.27. The fraction of sp³-hybridized carbons (Fsp3) is 0.438. The summed E-state index contributed by atoms with van der Waals surface area (Å²) < 4.78 is 5.56. The first-order chi connectivity index (χ1) is 10.3. The summed E-state index contributed by atoms with van der Waals surface area (Å²) in [5.41, 5.74) is 0.599. The monoisotopic (exact) mass is 322 g/mol. The van der Waals surface area contributed by atoms with Gasteiger partial charge in [-0.1, -0.05) is 11.6 Å². The van der Waals surface area contributed by atoms with E-state index < -0.39 is 5.60 Å². The number of likely N-dealkylation sites (tertiary alicyclic amines) is 1. The van der Waals surface area contributed by atoms with Crippen molar-refractivity contribution < 1.29 is 14.6 Å². The molecule has 0 radical (unpaired) electrons. The van der Waals surface area contributed by atoms with Crippen LogP contribution in [0.15, 0.2) is 24.3 Å². The van der Waals surface area contributed by atoms with Gasteiger partial charge in [0.05, 0.1) is 18.3 Å². The molecule has 2 aromatic rings. The summed E-state index contributed by atoms with van der Waals surface area (Å²) in [4.78, 5) is 17.2. The molecule has 1 amide bonds. The van der Waals surface area contributed by atoms with Gasteiger partial charge in [0.25, 0.3) is 5.91 Å². The zero-order valence-corrected chi connectivity index (χ0v) is 13.4. The standard InChI is InChI=1S/C16H19ClN2O3/c1-16(2,21)9-22-12-7-19(8-12)15(20)14-6-10-5-11(17)3-4-13(10)18-14/h3-6,12,18,21H,7-9H2,1-2H3. The quantitative estimate of drug-likeness (QED) is 0.908. The molecule has 5 nitrogen and oxygen atoms in total. The molecule has 3 rings (SSSR count). The van der Waals surface area contributed by atoms with E-state index in [-0.39, 0.29) is 18.6 Å². The number of carbonyl (C=O) groups is 1. The number of aromatic amines is 1. The Morgan fingerprint density at radius 2 is 2.18 bits per heavy atom. The van der Waals surface area contributed by atoms with Crippen molar-refractivity contribution in [1.82, 2.24) is 9.88 Å². The fourth-order valence-electron chi connectivity index (χ4n) is 2.42. The van der Waals surface area contributed by atoms with Gasteiger partial charge in [0.1, 0.15) is 5.69 Å². The molecule has 0 saturated carbocycles. The molecule has 22 heavy (non-hydrogen) atoms. The van der Waals surface area contributed by atoms with E-state index in [1.807, 2.05) is 18.2 Å². The minimum atomic E-state index is -0.846. The predicted molar refractivity (Wildman–Crippen MR) is 85.3 cm³/mol. The minimum Gasteiger partial charge on any atom is -0.388 e. The summed E-state index contributed by atoms with van der Waals surface area (Å²) in [6, 6.07) is 7.29. The number of amides is 1. The van der Waals surface area contributed by atoms with Gasteiger partial charge in [-0.25, -0.2) is 0 Å². The van der Waals surface area contributed by atoms with Crippen LogP contribution in [-0.4, -0.2) is 52.3 Å². The lowest BCUT2D eigenvalue weighted by Gasteiger charge is -2.39. The molecule has 118 valence electrons. The van der Waals surface area contributed by atoms with Gasteiger partial charge in [-0.2, -0.15) is 0 Å². The van der Waals surface area contributed by atoms with Gasteiger partial charge in [0.2, 0.25) is 0 Å². The first kappa shape index (κ1) is 15.3. The van der Waals surface area contributed by atoms with E-state index in [1.165, 1.54) is 0 Å². The number of fused-ring (bicyclic) bond motifs is 1. The maximum absolute atomic E-state index is 12.4. The number of benzene rings is 1. The Labute approximate surface area is 133 Å². The second kappa shape index (κ2) is 5.57. The SMILES string of the molecule is CC(C)(O)COC1CN(C(=O)c2cc3cc(Cl)ccc3[nH]2)C1. The van der Waals surface area contributed by atoms with Gasteiger partial charge < -0.3 is 19.7 Å². The van der Waals surface area contributed by atoms with Crippen molar-refractivity contribution in [3.05, 3.63) is 35.0 Å². The molecule has 1 aliphatic heterocycles. The highest BCUT2D eigenvalue weighted by molar-refractivity contribution is 6.31. The maximum atomic E-state index is 12.4. The summed E-state index contributed by atoms with van der Waals surface area (Å²) in [6.07, 6.45) is -0.00537. The molecule has 6 heteroatoms. The van der Waals surface area contributed by atoms with Gasteiger partial charge in [0, 0.05) is 29.0 Å². The zero-order valence-electron chi connectivity index (χ0n) is 12.6. The third-order valence-corrected chi connectivity index (χ3v) is 3.86. The number of aromatic nitrogens is 1. The van der Waals surface area contributed by atoms with E-state index in [0.29, 0.717) is 23.8 Å². The second-order valence-electron chi connectivity index (χ2n) is 6.37. The molecule has 1 saturated heterocycles. The average molecular weight is 323 g/mol. The Kier molecular flexibility index (Phi) is 3.89. The van der Waals surface area contributed by atoms with E-state index in [4.69, 9.17) is 16.3 Å². The van der Waals surface area contributed by atoms with Crippen molar-refractivity contribution in [2.75, 3.05) is 19.7 Å². The molecule has 1 fully saturated rings. The highest BCUT2D eigenvalue weighted by atomic mass is 35.5. The Morgan fingerprint density at radius 3 is 2.86 bits per heavy atom. The van der Waals surface area contributed by atoms with Crippen LogP contribution < -0.4 is 0 Å². The van der Waals surface area contributed by atoms with E-state index in [0.717, 1.165) is 10.9 Å². The number of carbonyl (C=O) groups excluding carboxylic acids is 1. The summed E-state index contributed by atoms with van der Waals surface area (Å²) >= 11 is 5.95. The molecule has 0 unspecified atom stereocenters. The first-order valence-electron chi connectivity index (χ1n) is 7.23. The molecule has 0 aliphatic carbocycles. The molecule has 0 bridgehead atoms. The smallest absolute Gasteiger partial charge is 0.270 e. The van der Waals surface area contributed by atoms with E-state index in [1.54, 1.807) is 24.8 Å². The van der Waals surface area contributed by atoms with Crippen LogP contribution in [0.3, 0.4) is 0 Å². The molecule has 2 N–H and O–H groups in total. The maximum Gasteiger partial charge on any atom is 0.270 e. The van der Waals surface area contributed by atoms with Gasteiger partial charge in [0.15, 0.2) is 0 Å². The molecular formula is C16H19ClN2O3. The molecular weight excluding hydrogens is 304 g/mol. The van der Waals surface area contributed by atoms with Crippen LogP contribution in [0.1, 0.15) is 24.3 Å². The van der Waals surface area contributed by atoms with Crippen molar-refractivity contribution in [2.24, 2.45) is 0 Å². The van der Waals surface area contributed by atoms with Gasteiger partial charge in [-0.15, -0.1) is 0 Å². The van der Waals surface area contributed by atoms with Gasteiger partial charge in [-0.3, -0.25) is 4.79 Å². The van der Waals surface area contributed by atoms with Crippen molar-refractivity contribution in [3.63, 3.8) is 0 Å². The van der Waals surface area contributed by atoms with Crippen LogP contribution >= 0.6 is 11.6 Å². The lowest BCUT2D eigenvalue weighted by molar-refractivity contribution is -0.0943. The van der Waals surface area contributed by atoms with Gasteiger partial charge >= 0.3 is 0 Å². The average Bonchev–Trinajstić information content (AvgIpc) is 2.78. The Balaban J connectivity index is 1.60. The normalized spacial score (nSPS) is 16.1. The number of hydrogen-bond acceptors (Lipinski definition) is 3. The number of aliphatic hydroxyl groups is 1. The number of nitrogens with zero attached hydrogens (tertiary/aromatic N) is 1. The van der Waals surface area contributed by atoms with E-state index in [9.17, 15) is 9.90 Å². The van der Waals surface area contributed by atoms with Gasteiger partial charge in [-0.05, 0) is 38.1 Å². The van der Waals surface area contributed by atoms with E-state index in [2.05, 4.69) is 4.98 Å². The van der Waals surface area contributed by atoms with Crippen LogP contribution in [0, 0.1) is 0 Å². The fourth-order valence-corrected chi connectivity index (χ4v) is 2.60. The summed E-state index contributed by atoms with van der Waals surface area (Å²) in [6.45, 7) is 4.76. The predicted octanol–water partition coefficient (Wildman–Crippen LogP) is 2.43. The Hall–Kier alpha value is -1.56. The molecule has 2 heterocycles.